The third-order valence-electron chi connectivity index (χ3n) is 5.73. The van der Waals surface area contributed by atoms with Crippen LogP contribution in [0.5, 0.6) is 0 Å². The Labute approximate surface area is 215 Å². The van der Waals surface area contributed by atoms with Crippen LogP contribution in [0.1, 0.15) is 36.3 Å². The van der Waals surface area contributed by atoms with E-state index < -0.39 is 0 Å². The average molecular weight is 519 g/mol. The molecule has 34 heavy (non-hydrogen) atoms. The van der Waals surface area contributed by atoms with E-state index in [-0.39, 0.29) is 24.5 Å². The molecular weight excluding hydrogens is 489 g/mol. The van der Waals surface area contributed by atoms with Crippen LogP contribution in [0.3, 0.4) is 0 Å². The molecule has 8 heteroatoms. The fourth-order valence-corrected chi connectivity index (χ4v) is 4.66. The number of anilines is 1. The lowest BCUT2D eigenvalue weighted by Gasteiger charge is -2.31. The number of carbonyl (C=O) groups is 2. The number of urea groups is 1. The highest BCUT2D eigenvalue weighted by atomic mass is 35.5. The molecule has 1 heterocycles. The number of amides is 3. The number of nitrogens with zero attached hydrogens (tertiary/aromatic N) is 2. The molecular formula is C26H29Cl2N3O2S. The molecule has 1 atom stereocenters. The highest BCUT2D eigenvalue weighted by molar-refractivity contribution is 7.10. The second-order valence-electron chi connectivity index (χ2n) is 8.21. The van der Waals surface area contributed by atoms with Gasteiger partial charge in [-0.15, -0.1) is 11.3 Å². The van der Waals surface area contributed by atoms with Gasteiger partial charge in [0, 0.05) is 23.2 Å². The van der Waals surface area contributed by atoms with Crippen molar-refractivity contribution >= 4 is 52.2 Å². The summed E-state index contributed by atoms with van der Waals surface area (Å²) in [5, 5.41) is 5.65. The van der Waals surface area contributed by atoms with E-state index in [1.165, 1.54) is 0 Å². The topological polar surface area (TPSA) is 52.7 Å². The Morgan fingerprint density at radius 3 is 2.38 bits per heavy atom. The van der Waals surface area contributed by atoms with Crippen molar-refractivity contribution in [2.45, 2.75) is 46.3 Å². The van der Waals surface area contributed by atoms with Gasteiger partial charge in [-0.2, -0.15) is 0 Å². The smallest absolute Gasteiger partial charge is 0.322 e. The van der Waals surface area contributed by atoms with Crippen molar-refractivity contribution in [3.63, 3.8) is 0 Å². The molecule has 0 saturated carbocycles. The zero-order valence-corrected chi connectivity index (χ0v) is 21.9. The molecule has 0 radical (unpaired) electrons. The van der Waals surface area contributed by atoms with Gasteiger partial charge in [0.1, 0.15) is 6.54 Å². The molecule has 1 aromatic heterocycles. The Morgan fingerprint density at radius 1 is 1.03 bits per heavy atom. The number of rotatable bonds is 9. The SMILES string of the molecule is CCC(C)N(CC(=O)N(Cc1ccccc1)Cc1sccc1C)C(=O)Nc1ccc(Cl)c(Cl)c1. The summed E-state index contributed by atoms with van der Waals surface area (Å²) >= 11 is 13.7. The molecule has 0 bridgehead atoms. The van der Waals surface area contributed by atoms with Gasteiger partial charge in [-0.25, -0.2) is 4.79 Å². The summed E-state index contributed by atoms with van der Waals surface area (Å²) < 4.78 is 0. The Hall–Kier alpha value is -2.54. The molecule has 0 aliphatic rings. The van der Waals surface area contributed by atoms with E-state index in [4.69, 9.17) is 23.2 Å². The zero-order chi connectivity index (χ0) is 24.7. The van der Waals surface area contributed by atoms with Crippen molar-refractivity contribution in [2.75, 3.05) is 11.9 Å². The fourth-order valence-electron chi connectivity index (χ4n) is 3.44. The third-order valence-corrected chi connectivity index (χ3v) is 7.48. The van der Waals surface area contributed by atoms with Gasteiger partial charge in [-0.3, -0.25) is 4.79 Å². The summed E-state index contributed by atoms with van der Waals surface area (Å²) in [5.41, 5.74) is 2.72. The molecule has 2 aromatic carbocycles. The van der Waals surface area contributed by atoms with Crippen LogP contribution in [0, 0.1) is 6.92 Å². The predicted octanol–water partition coefficient (Wildman–Crippen LogP) is 7.22. The third kappa shape index (κ3) is 6.98. The fraction of sp³-hybridized carbons (Fsp3) is 0.308. The van der Waals surface area contributed by atoms with Crippen LogP contribution >= 0.6 is 34.5 Å². The predicted molar refractivity (Wildman–Crippen MR) is 142 cm³/mol. The summed E-state index contributed by atoms with van der Waals surface area (Å²) in [7, 11) is 0. The monoisotopic (exact) mass is 517 g/mol. The molecule has 3 aromatic rings. The maximum atomic E-state index is 13.5. The maximum Gasteiger partial charge on any atom is 0.322 e. The number of nitrogens with one attached hydrogen (secondary N) is 1. The van der Waals surface area contributed by atoms with E-state index in [0.717, 1.165) is 16.0 Å². The van der Waals surface area contributed by atoms with Crippen molar-refractivity contribution < 1.29 is 9.59 Å². The van der Waals surface area contributed by atoms with Crippen LogP contribution in [0.15, 0.2) is 60.0 Å². The number of aryl methyl sites for hydroxylation is 1. The molecule has 0 saturated heterocycles. The quantitative estimate of drug-likeness (QED) is 0.325. The molecule has 0 fully saturated rings. The summed E-state index contributed by atoms with van der Waals surface area (Å²) in [6.45, 7) is 6.92. The first kappa shape index (κ1) is 26.1. The number of benzene rings is 2. The Bertz CT molecular complexity index is 1120. The van der Waals surface area contributed by atoms with Crippen molar-refractivity contribution in [3.8, 4) is 0 Å². The van der Waals surface area contributed by atoms with Gasteiger partial charge in [0.2, 0.25) is 5.91 Å². The number of carbonyl (C=O) groups excluding carboxylic acids is 2. The Kier molecular flexibility index (Phi) is 9.39. The molecule has 0 aliphatic heterocycles. The second kappa shape index (κ2) is 12.2. The minimum atomic E-state index is -0.354. The van der Waals surface area contributed by atoms with Crippen molar-refractivity contribution in [3.05, 3.63) is 86.0 Å². The lowest BCUT2D eigenvalue weighted by atomic mass is 10.2. The van der Waals surface area contributed by atoms with E-state index in [0.29, 0.717) is 35.2 Å². The van der Waals surface area contributed by atoms with E-state index in [9.17, 15) is 9.59 Å². The van der Waals surface area contributed by atoms with Crippen LogP contribution in [0.2, 0.25) is 10.0 Å². The van der Waals surface area contributed by atoms with Crippen LogP contribution in [0.25, 0.3) is 0 Å². The number of hydrogen-bond acceptors (Lipinski definition) is 3. The molecule has 0 aliphatic carbocycles. The van der Waals surface area contributed by atoms with E-state index in [1.54, 1.807) is 34.4 Å². The standard InChI is InChI=1S/C26H29Cl2N3O2S/c1-4-19(3)31(26(33)29-21-10-11-22(27)23(28)14-21)17-25(32)30(15-20-8-6-5-7-9-20)16-24-18(2)12-13-34-24/h5-14,19H,4,15-17H2,1-3H3,(H,29,33). The molecule has 3 rings (SSSR count). The largest absolute Gasteiger partial charge is 0.332 e. The minimum absolute atomic E-state index is 0.0284. The van der Waals surface area contributed by atoms with Gasteiger partial charge in [0.15, 0.2) is 0 Å². The van der Waals surface area contributed by atoms with E-state index in [2.05, 4.69) is 11.4 Å². The van der Waals surface area contributed by atoms with E-state index in [1.807, 2.05) is 61.4 Å². The van der Waals surface area contributed by atoms with Gasteiger partial charge in [0.05, 0.1) is 16.6 Å². The van der Waals surface area contributed by atoms with Crippen molar-refractivity contribution in [1.82, 2.24) is 9.80 Å². The van der Waals surface area contributed by atoms with Crippen molar-refractivity contribution in [1.29, 1.82) is 0 Å². The number of halogens is 2. The summed E-state index contributed by atoms with van der Waals surface area (Å²) in [4.78, 5) is 31.2. The van der Waals surface area contributed by atoms with Gasteiger partial charge in [-0.1, -0.05) is 60.5 Å². The minimum Gasteiger partial charge on any atom is -0.332 e. The van der Waals surface area contributed by atoms with Gasteiger partial charge in [-0.05, 0) is 61.0 Å². The Balaban J connectivity index is 1.79. The van der Waals surface area contributed by atoms with Gasteiger partial charge in [0.25, 0.3) is 0 Å². The molecule has 3 amide bonds. The lowest BCUT2D eigenvalue weighted by Crippen LogP contribution is -2.47. The first-order valence-corrected chi connectivity index (χ1v) is 12.8. The molecule has 0 spiro atoms. The maximum absolute atomic E-state index is 13.5. The highest BCUT2D eigenvalue weighted by Crippen LogP contribution is 2.25. The second-order valence-corrected chi connectivity index (χ2v) is 10.0. The highest BCUT2D eigenvalue weighted by Gasteiger charge is 2.26. The van der Waals surface area contributed by atoms with E-state index >= 15 is 0 Å². The normalized spacial score (nSPS) is 11.7. The van der Waals surface area contributed by atoms with Crippen LogP contribution in [-0.4, -0.2) is 34.3 Å². The molecule has 1 unspecified atom stereocenters. The lowest BCUT2D eigenvalue weighted by molar-refractivity contribution is -0.133. The molecule has 5 nitrogen and oxygen atoms in total. The molecule has 180 valence electrons. The van der Waals surface area contributed by atoms with Crippen LogP contribution in [-0.2, 0) is 17.9 Å². The summed E-state index contributed by atoms with van der Waals surface area (Å²) in [5.74, 6) is -0.110. The Morgan fingerprint density at radius 2 is 1.76 bits per heavy atom. The summed E-state index contributed by atoms with van der Waals surface area (Å²) in [6, 6.07) is 16.4. The number of hydrogen-bond donors (Lipinski definition) is 1. The van der Waals surface area contributed by atoms with Gasteiger partial charge < -0.3 is 15.1 Å². The molecule has 1 N–H and O–H groups in total. The number of thiophene rings is 1. The zero-order valence-electron chi connectivity index (χ0n) is 19.6. The van der Waals surface area contributed by atoms with Crippen molar-refractivity contribution in [2.24, 2.45) is 0 Å². The first-order valence-electron chi connectivity index (χ1n) is 11.2. The first-order chi connectivity index (χ1) is 16.3. The van der Waals surface area contributed by atoms with Gasteiger partial charge >= 0.3 is 6.03 Å². The average Bonchev–Trinajstić information content (AvgIpc) is 3.23. The van der Waals surface area contributed by atoms with Crippen LogP contribution < -0.4 is 5.32 Å². The van der Waals surface area contributed by atoms with Crippen LogP contribution in [0.4, 0.5) is 10.5 Å². The summed E-state index contributed by atoms with van der Waals surface area (Å²) in [6.07, 6.45) is 0.713.